The largest absolute Gasteiger partial charge is 0.385 e. The van der Waals surface area contributed by atoms with Gasteiger partial charge in [0, 0.05) is 37.1 Å². The van der Waals surface area contributed by atoms with Crippen LogP contribution in [0, 0.1) is 0 Å². The first-order chi connectivity index (χ1) is 8.81. The average molecular weight is 310 g/mol. The molecule has 2 heterocycles. The van der Waals surface area contributed by atoms with Gasteiger partial charge in [-0.2, -0.15) is 0 Å². The number of pyridine rings is 2. The number of hydrogen-bond acceptors (Lipinski definition) is 4. The third-order valence-corrected chi connectivity index (χ3v) is 3.07. The van der Waals surface area contributed by atoms with Crippen LogP contribution in [0.5, 0.6) is 0 Å². The van der Waals surface area contributed by atoms with Crippen LogP contribution in [0.1, 0.15) is 12.8 Å². The van der Waals surface area contributed by atoms with Crippen molar-refractivity contribution in [3.05, 3.63) is 29.0 Å². The van der Waals surface area contributed by atoms with Gasteiger partial charge in [0.2, 0.25) is 0 Å². The van der Waals surface area contributed by atoms with Crippen molar-refractivity contribution in [3.63, 3.8) is 0 Å². The summed E-state index contributed by atoms with van der Waals surface area (Å²) in [4.78, 5) is 8.71. The Kier molecular flexibility index (Phi) is 4.90. The van der Waals surface area contributed by atoms with Gasteiger partial charge in [-0.05, 0) is 40.9 Å². The maximum atomic E-state index is 5.02. The number of unbranched alkanes of at least 4 members (excludes halogenated alkanes) is 1. The van der Waals surface area contributed by atoms with Gasteiger partial charge < -0.3 is 10.1 Å². The van der Waals surface area contributed by atoms with Crippen molar-refractivity contribution in [1.29, 1.82) is 0 Å². The van der Waals surface area contributed by atoms with E-state index < -0.39 is 0 Å². The molecule has 0 saturated carbocycles. The van der Waals surface area contributed by atoms with Crippen molar-refractivity contribution in [1.82, 2.24) is 9.97 Å². The van der Waals surface area contributed by atoms with Gasteiger partial charge in [-0.15, -0.1) is 0 Å². The number of fused-ring (bicyclic) bond motifs is 1. The predicted molar refractivity (Wildman–Crippen MR) is 76.8 cm³/mol. The first-order valence-corrected chi connectivity index (χ1v) is 6.73. The molecule has 2 rings (SSSR count). The third-order valence-electron chi connectivity index (χ3n) is 2.63. The van der Waals surface area contributed by atoms with Gasteiger partial charge in [0.05, 0.1) is 11.2 Å². The van der Waals surface area contributed by atoms with Crippen molar-refractivity contribution >= 4 is 32.7 Å². The molecule has 0 aromatic carbocycles. The van der Waals surface area contributed by atoms with Crippen LogP contribution in [0.4, 0.5) is 5.69 Å². The minimum atomic E-state index is 0.809. The number of rotatable bonds is 6. The Morgan fingerprint density at radius 1 is 1.33 bits per heavy atom. The van der Waals surface area contributed by atoms with Crippen molar-refractivity contribution < 1.29 is 4.74 Å². The molecule has 0 aliphatic rings. The number of aromatic nitrogens is 2. The van der Waals surface area contributed by atoms with Gasteiger partial charge in [-0.3, -0.25) is 9.97 Å². The number of nitrogens with zero attached hydrogens (tertiary/aromatic N) is 2. The normalized spacial score (nSPS) is 10.8. The number of hydrogen-bond donors (Lipinski definition) is 1. The second kappa shape index (κ2) is 6.66. The van der Waals surface area contributed by atoms with Gasteiger partial charge >= 0.3 is 0 Å². The number of methoxy groups -OCH3 is 1. The molecule has 1 N–H and O–H groups in total. The second-order valence-electron chi connectivity index (χ2n) is 4.01. The van der Waals surface area contributed by atoms with E-state index in [0.29, 0.717) is 0 Å². The van der Waals surface area contributed by atoms with Crippen molar-refractivity contribution in [2.75, 3.05) is 25.6 Å². The number of ether oxygens (including phenoxy) is 1. The Balaban J connectivity index is 2.04. The molecule has 0 saturated heterocycles. The van der Waals surface area contributed by atoms with Crippen LogP contribution >= 0.6 is 15.9 Å². The molecule has 0 fully saturated rings. The fourth-order valence-corrected chi connectivity index (χ4v) is 2.06. The molecule has 2 aromatic heterocycles. The van der Waals surface area contributed by atoms with Crippen LogP contribution in [-0.4, -0.2) is 30.2 Å². The fourth-order valence-electron chi connectivity index (χ4n) is 1.74. The van der Waals surface area contributed by atoms with Gasteiger partial charge in [0.15, 0.2) is 0 Å². The first-order valence-electron chi connectivity index (χ1n) is 5.94. The summed E-state index contributed by atoms with van der Waals surface area (Å²) in [6.45, 7) is 1.73. The van der Waals surface area contributed by atoms with Gasteiger partial charge in [-0.1, -0.05) is 0 Å². The quantitative estimate of drug-likeness (QED) is 0.832. The SMILES string of the molecule is COCCCCNc1ccnc2cc(Br)cnc12. The highest BCUT2D eigenvalue weighted by atomic mass is 79.9. The summed E-state index contributed by atoms with van der Waals surface area (Å²) in [5, 5.41) is 3.39. The molecule has 0 spiro atoms. The Morgan fingerprint density at radius 3 is 3.06 bits per heavy atom. The molecule has 0 radical (unpaired) electrons. The summed E-state index contributed by atoms with van der Waals surface area (Å²) < 4.78 is 5.97. The minimum absolute atomic E-state index is 0.809. The van der Waals surface area contributed by atoms with Gasteiger partial charge in [0.1, 0.15) is 5.52 Å². The molecule has 18 heavy (non-hydrogen) atoms. The summed E-state index contributed by atoms with van der Waals surface area (Å²) in [5.74, 6) is 0. The standard InChI is InChI=1S/C13H16BrN3O/c1-18-7-3-2-5-15-11-4-6-16-12-8-10(14)9-17-13(11)12/h4,6,8-9H,2-3,5,7H2,1H3,(H,15,16). The number of anilines is 1. The van der Waals surface area contributed by atoms with Crippen LogP contribution in [0.25, 0.3) is 11.0 Å². The van der Waals surface area contributed by atoms with Gasteiger partial charge in [-0.25, -0.2) is 0 Å². The van der Waals surface area contributed by atoms with E-state index in [0.717, 1.165) is 47.2 Å². The van der Waals surface area contributed by atoms with E-state index in [2.05, 4.69) is 31.2 Å². The molecule has 4 nitrogen and oxygen atoms in total. The Labute approximate surface area is 115 Å². The first kappa shape index (κ1) is 13.2. The molecule has 0 aliphatic carbocycles. The maximum Gasteiger partial charge on any atom is 0.112 e. The zero-order chi connectivity index (χ0) is 12.8. The fraction of sp³-hybridized carbons (Fsp3) is 0.385. The zero-order valence-electron chi connectivity index (χ0n) is 10.3. The third kappa shape index (κ3) is 3.40. The molecule has 0 bridgehead atoms. The summed E-state index contributed by atoms with van der Waals surface area (Å²) in [5.41, 5.74) is 2.84. The van der Waals surface area contributed by atoms with E-state index in [1.807, 2.05) is 12.1 Å². The number of nitrogens with one attached hydrogen (secondary N) is 1. The minimum Gasteiger partial charge on any atom is -0.385 e. The average Bonchev–Trinajstić information content (AvgIpc) is 2.38. The highest BCUT2D eigenvalue weighted by Gasteiger charge is 2.03. The van der Waals surface area contributed by atoms with Gasteiger partial charge in [0.25, 0.3) is 0 Å². The lowest BCUT2D eigenvalue weighted by Gasteiger charge is -2.08. The topological polar surface area (TPSA) is 47.0 Å². The molecule has 0 atom stereocenters. The molecular weight excluding hydrogens is 294 g/mol. The Bertz CT molecular complexity index is 519. The Morgan fingerprint density at radius 2 is 2.22 bits per heavy atom. The molecule has 5 heteroatoms. The number of halogens is 1. The van der Waals surface area contributed by atoms with E-state index in [4.69, 9.17) is 4.74 Å². The molecule has 0 aliphatic heterocycles. The lowest BCUT2D eigenvalue weighted by molar-refractivity contribution is 0.194. The van der Waals surface area contributed by atoms with Crippen molar-refractivity contribution in [2.45, 2.75) is 12.8 Å². The van der Waals surface area contributed by atoms with Crippen LogP contribution in [-0.2, 0) is 4.74 Å². The van der Waals surface area contributed by atoms with E-state index in [9.17, 15) is 0 Å². The lowest BCUT2D eigenvalue weighted by atomic mass is 10.2. The van der Waals surface area contributed by atoms with E-state index in [1.54, 1.807) is 19.5 Å². The summed E-state index contributed by atoms with van der Waals surface area (Å²) in [6, 6.07) is 3.93. The van der Waals surface area contributed by atoms with Crippen molar-refractivity contribution in [2.24, 2.45) is 0 Å². The van der Waals surface area contributed by atoms with Crippen molar-refractivity contribution in [3.8, 4) is 0 Å². The highest BCUT2D eigenvalue weighted by molar-refractivity contribution is 9.10. The molecular formula is C13H16BrN3O. The summed E-state index contributed by atoms with van der Waals surface area (Å²) >= 11 is 3.40. The molecule has 0 amide bonds. The molecule has 96 valence electrons. The lowest BCUT2D eigenvalue weighted by Crippen LogP contribution is -2.04. The Hall–Kier alpha value is -1.20. The van der Waals surface area contributed by atoms with Crippen LogP contribution in [0.2, 0.25) is 0 Å². The summed E-state index contributed by atoms with van der Waals surface area (Å²) in [6.07, 6.45) is 5.73. The van der Waals surface area contributed by atoms with E-state index in [-0.39, 0.29) is 0 Å². The van der Waals surface area contributed by atoms with E-state index >= 15 is 0 Å². The monoisotopic (exact) mass is 309 g/mol. The zero-order valence-corrected chi connectivity index (χ0v) is 11.9. The summed E-state index contributed by atoms with van der Waals surface area (Å²) in [7, 11) is 1.73. The van der Waals surface area contributed by atoms with E-state index in [1.165, 1.54) is 0 Å². The predicted octanol–water partition coefficient (Wildman–Crippen LogP) is 3.23. The van der Waals surface area contributed by atoms with Crippen LogP contribution < -0.4 is 5.32 Å². The highest BCUT2D eigenvalue weighted by Crippen LogP contribution is 2.21. The van der Waals surface area contributed by atoms with Crippen LogP contribution in [0.3, 0.4) is 0 Å². The van der Waals surface area contributed by atoms with Crippen LogP contribution in [0.15, 0.2) is 29.0 Å². The molecule has 2 aromatic rings. The smallest absolute Gasteiger partial charge is 0.112 e. The maximum absolute atomic E-state index is 5.02. The second-order valence-corrected chi connectivity index (χ2v) is 4.92. The molecule has 0 unspecified atom stereocenters.